The van der Waals surface area contributed by atoms with Crippen LogP contribution < -0.4 is 4.31 Å². The number of carbonyl (C=O) groups is 1. The molecule has 2 aromatic rings. The van der Waals surface area contributed by atoms with Gasteiger partial charge >= 0.3 is 17.9 Å². The molecular weight excluding hydrogens is 350 g/mol. The van der Waals surface area contributed by atoms with Crippen LogP contribution in [0.4, 0.5) is 5.69 Å². The molecule has 0 aliphatic carbocycles. The second kappa shape index (κ2) is 6.74. The SMILES string of the molecule is CCC(=O)N(c1ccccc1)S(=O)(=O)S(=O)(=O)c1ccccc1C. The largest absolute Gasteiger partial charge is 0.352 e. The van der Waals surface area contributed by atoms with Gasteiger partial charge in [0.25, 0.3) is 0 Å². The number of carbonyl (C=O) groups excluding carboxylic acids is 1. The lowest BCUT2D eigenvalue weighted by atomic mass is 10.2. The topological polar surface area (TPSA) is 88.6 Å². The number of anilines is 1. The predicted octanol–water partition coefficient (Wildman–Crippen LogP) is 2.46. The summed E-state index contributed by atoms with van der Waals surface area (Å²) in [5.41, 5.74) is 0.277. The molecule has 24 heavy (non-hydrogen) atoms. The van der Waals surface area contributed by atoms with E-state index in [1.165, 1.54) is 56.3 Å². The average molecular weight is 367 g/mol. The number of benzene rings is 2. The van der Waals surface area contributed by atoms with Crippen molar-refractivity contribution < 1.29 is 21.6 Å². The minimum atomic E-state index is -4.98. The Morgan fingerprint density at radius 2 is 1.46 bits per heavy atom. The molecule has 2 rings (SSSR count). The summed E-state index contributed by atoms with van der Waals surface area (Å²) in [5, 5.41) is 0. The van der Waals surface area contributed by atoms with Gasteiger partial charge in [0.1, 0.15) is 0 Å². The Balaban J connectivity index is 2.70. The van der Waals surface area contributed by atoms with Crippen LogP contribution in [0.25, 0.3) is 0 Å². The molecular formula is C16H17NO5S2. The van der Waals surface area contributed by atoms with E-state index in [1.807, 2.05) is 0 Å². The van der Waals surface area contributed by atoms with Crippen LogP contribution in [0.15, 0.2) is 59.5 Å². The van der Waals surface area contributed by atoms with E-state index in [0.29, 0.717) is 4.31 Å². The van der Waals surface area contributed by atoms with Crippen LogP contribution in [-0.2, 0) is 22.7 Å². The highest BCUT2D eigenvalue weighted by Gasteiger charge is 2.41. The van der Waals surface area contributed by atoms with Crippen LogP contribution >= 0.6 is 0 Å². The quantitative estimate of drug-likeness (QED) is 0.758. The molecule has 0 atom stereocenters. The van der Waals surface area contributed by atoms with E-state index in [-0.39, 0.29) is 22.6 Å². The molecule has 0 heterocycles. The van der Waals surface area contributed by atoms with E-state index in [9.17, 15) is 21.6 Å². The van der Waals surface area contributed by atoms with Gasteiger partial charge in [0, 0.05) is 6.42 Å². The number of amides is 1. The summed E-state index contributed by atoms with van der Waals surface area (Å²) >= 11 is 0. The standard InChI is InChI=1S/C16H17NO5S2/c1-3-16(18)17(14-10-5-4-6-11-14)24(21,22)23(19,20)15-12-8-7-9-13(15)2/h4-12H,3H2,1-2H3. The Kier molecular flexibility index (Phi) is 5.10. The van der Waals surface area contributed by atoms with Crippen LogP contribution in [-0.4, -0.2) is 22.7 Å². The molecule has 0 saturated carbocycles. The minimum Gasteiger partial charge on any atom is -0.273 e. The van der Waals surface area contributed by atoms with Crippen LogP contribution in [0.2, 0.25) is 0 Å². The first-order valence-electron chi connectivity index (χ1n) is 7.17. The third-order valence-electron chi connectivity index (χ3n) is 3.38. The number of para-hydroxylation sites is 1. The van der Waals surface area contributed by atoms with Gasteiger partial charge < -0.3 is 0 Å². The molecule has 0 aliphatic heterocycles. The van der Waals surface area contributed by atoms with Gasteiger partial charge in [-0.15, -0.1) is 0 Å². The lowest BCUT2D eigenvalue weighted by Gasteiger charge is -2.22. The molecule has 0 unspecified atom stereocenters. The maximum absolute atomic E-state index is 12.8. The van der Waals surface area contributed by atoms with Crippen molar-refractivity contribution in [1.29, 1.82) is 0 Å². The van der Waals surface area contributed by atoms with Crippen LogP contribution in [0, 0.1) is 6.92 Å². The van der Waals surface area contributed by atoms with Crippen molar-refractivity contribution >= 4 is 29.5 Å². The van der Waals surface area contributed by atoms with Gasteiger partial charge in [-0.3, -0.25) is 4.79 Å². The molecule has 0 spiro atoms. The Morgan fingerprint density at radius 1 is 0.917 bits per heavy atom. The molecule has 0 bridgehead atoms. The van der Waals surface area contributed by atoms with E-state index < -0.39 is 23.8 Å². The van der Waals surface area contributed by atoms with E-state index in [1.54, 1.807) is 12.1 Å². The molecule has 128 valence electrons. The van der Waals surface area contributed by atoms with Crippen LogP contribution in [0.5, 0.6) is 0 Å². The number of hydrogen-bond donors (Lipinski definition) is 0. The van der Waals surface area contributed by atoms with Crippen molar-refractivity contribution in [3.8, 4) is 0 Å². The Bertz CT molecular complexity index is 951. The summed E-state index contributed by atoms with van der Waals surface area (Å²) in [6.45, 7) is 2.96. The van der Waals surface area contributed by atoms with E-state index in [2.05, 4.69) is 0 Å². The zero-order valence-corrected chi connectivity index (χ0v) is 14.8. The Labute approximate surface area is 141 Å². The van der Waals surface area contributed by atoms with Gasteiger partial charge in [-0.1, -0.05) is 43.3 Å². The molecule has 1 amide bonds. The summed E-state index contributed by atoms with van der Waals surface area (Å²) in [7, 11) is -9.78. The molecule has 0 aliphatic rings. The molecule has 8 heteroatoms. The van der Waals surface area contributed by atoms with Crippen molar-refractivity contribution in [2.75, 3.05) is 4.31 Å². The van der Waals surface area contributed by atoms with Crippen molar-refractivity contribution in [3.63, 3.8) is 0 Å². The Morgan fingerprint density at radius 3 is 2.00 bits per heavy atom. The number of nitrogens with zero attached hydrogens (tertiary/aromatic N) is 1. The normalized spacial score (nSPS) is 11.9. The summed E-state index contributed by atoms with van der Waals surface area (Å²) < 4.78 is 51.5. The third-order valence-corrected chi connectivity index (χ3v) is 8.45. The minimum absolute atomic E-state index is 0.0125. The van der Waals surface area contributed by atoms with E-state index in [4.69, 9.17) is 0 Å². The summed E-state index contributed by atoms with van der Waals surface area (Å²) in [6.07, 6.45) is -0.155. The van der Waals surface area contributed by atoms with Gasteiger partial charge in [0.15, 0.2) is 0 Å². The maximum atomic E-state index is 12.8. The lowest BCUT2D eigenvalue weighted by molar-refractivity contribution is -0.117. The molecule has 0 N–H and O–H groups in total. The molecule has 2 aromatic carbocycles. The first-order valence-corrected chi connectivity index (χ1v) is 10.6. The van der Waals surface area contributed by atoms with Gasteiger partial charge in [0.2, 0.25) is 5.91 Å². The molecule has 0 aromatic heterocycles. The zero-order valence-electron chi connectivity index (χ0n) is 13.2. The van der Waals surface area contributed by atoms with Crippen molar-refractivity contribution in [2.45, 2.75) is 25.2 Å². The smallest absolute Gasteiger partial charge is 0.273 e. The highest BCUT2D eigenvalue weighted by molar-refractivity contribution is 8.67. The fourth-order valence-electron chi connectivity index (χ4n) is 2.15. The maximum Gasteiger partial charge on any atom is 0.352 e. The Hall–Kier alpha value is -2.19. The molecule has 0 saturated heterocycles. The van der Waals surface area contributed by atoms with Crippen LogP contribution in [0.1, 0.15) is 18.9 Å². The van der Waals surface area contributed by atoms with Crippen molar-refractivity contribution in [1.82, 2.24) is 0 Å². The lowest BCUT2D eigenvalue weighted by Crippen LogP contribution is -2.40. The van der Waals surface area contributed by atoms with E-state index >= 15 is 0 Å². The second-order valence-corrected chi connectivity index (χ2v) is 10.2. The number of aryl methyl sites for hydroxylation is 1. The molecule has 0 fully saturated rings. The zero-order chi connectivity index (χ0) is 18.0. The van der Waals surface area contributed by atoms with Crippen molar-refractivity contribution in [2.24, 2.45) is 0 Å². The van der Waals surface area contributed by atoms with E-state index in [0.717, 1.165) is 0 Å². The van der Waals surface area contributed by atoms with Crippen LogP contribution in [0.3, 0.4) is 0 Å². The van der Waals surface area contributed by atoms with Gasteiger partial charge in [-0.05, 0) is 30.7 Å². The van der Waals surface area contributed by atoms with Crippen molar-refractivity contribution in [3.05, 3.63) is 60.2 Å². The first kappa shape index (κ1) is 18.2. The van der Waals surface area contributed by atoms with Gasteiger partial charge in [0.05, 0.1) is 10.6 Å². The number of rotatable bonds is 5. The number of hydrogen-bond acceptors (Lipinski definition) is 5. The third kappa shape index (κ3) is 3.07. The second-order valence-electron chi connectivity index (χ2n) is 5.02. The summed E-state index contributed by atoms with van der Waals surface area (Å²) in [4.78, 5) is 11.9. The first-order chi connectivity index (χ1) is 11.2. The highest BCUT2D eigenvalue weighted by atomic mass is 33.2. The predicted molar refractivity (Wildman–Crippen MR) is 91.5 cm³/mol. The fourth-order valence-corrected chi connectivity index (χ4v) is 6.38. The highest BCUT2D eigenvalue weighted by Crippen LogP contribution is 2.28. The monoisotopic (exact) mass is 367 g/mol. The van der Waals surface area contributed by atoms with Gasteiger partial charge in [-0.2, -0.15) is 12.7 Å². The molecule has 6 nitrogen and oxygen atoms in total. The van der Waals surface area contributed by atoms with Gasteiger partial charge in [-0.25, -0.2) is 8.42 Å². The average Bonchev–Trinajstić information content (AvgIpc) is 2.55. The molecule has 0 radical (unpaired) electrons. The summed E-state index contributed by atoms with van der Waals surface area (Å²) in [5.74, 6) is -0.821. The summed E-state index contributed by atoms with van der Waals surface area (Å²) in [6, 6.07) is 13.2. The fraction of sp³-hybridized carbons (Fsp3) is 0.188.